The molecule has 0 atom stereocenters. The van der Waals surface area contributed by atoms with Crippen LogP contribution < -0.4 is 5.32 Å². The van der Waals surface area contributed by atoms with Gasteiger partial charge in [-0.15, -0.1) is 0 Å². The Labute approximate surface area is 75.1 Å². The highest BCUT2D eigenvalue weighted by molar-refractivity contribution is 5.78. The lowest BCUT2D eigenvalue weighted by atomic mass is 10.2. The van der Waals surface area contributed by atoms with Gasteiger partial charge in [-0.3, -0.25) is 4.79 Å². The lowest BCUT2D eigenvalue weighted by Crippen LogP contribution is -2.38. The number of rotatable bonds is 5. The highest BCUT2D eigenvalue weighted by Crippen LogP contribution is 1.99. The summed E-state index contributed by atoms with van der Waals surface area (Å²) in [5, 5.41) is 3.03. The van der Waals surface area contributed by atoms with E-state index in [1.807, 2.05) is 32.7 Å². The van der Waals surface area contributed by atoms with Crippen LogP contribution in [0.5, 0.6) is 0 Å². The van der Waals surface area contributed by atoms with Gasteiger partial charge in [0.05, 0.1) is 0 Å². The summed E-state index contributed by atoms with van der Waals surface area (Å²) in [6.45, 7) is 8.36. The van der Waals surface area contributed by atoms with E-state index in [1.54, 1.807) is 0 Å². The van der Waals surface area contributed by atoms with Gasteiger partial charge in [0.1, 0.15) is 0 Å². The average molecular weight is 172 g/mol. The molecule has 0 aromatic rings. The van der Waals surface area contributed by atoms with Crippen LogP contribution >= 0.6 is 0 Å². The molecule has 0 aromatic carbocycles. The van der Waals surface area contributed by atoms with E-state index in [0.717, 1.165) is 19.6 Å². The third-order valence-electron chi connectivity index (χ3n) is 1.82. The van der Waals surface area contributed by atoms with Crippen LogP contribution in [-0.2, 0) is 4.79 Å². The average Bonchev–Trinajstić information content (AvgIpc) is 2.05. The lowest BCUT2D eigenvalue weighted by Gasteiger charge is -2.22. The number of nitrogens with one attached hydrogen (secondary N) is 1. The molecule has 72 valence electrons. The number of hydrogen-bond donors (Lipinski definition) is 1. The maximum Gasteiger partial charge on any atom is 0.225 e. The van der Waals surface area contributed by atoms with Crippen LogP contribution in [0.3, 0.4) is 0 Å². The maximum atomic E-state index is 11.5. The summed E-state index contributed by atoms with van der Waals surface area (Å²) in [7, 11) is 1.90. The summed E-state index contributed by atoms with van der Waals surface area (Å²) in [4.78, 5) is 13.4. The summed E-state index contributed by atoms with van der Waals surface area (Å²) >= 11 is 0. The van der Waals surface area contributed by atoms with Crippen molar-refractivity contribution >= 4 is 5.91 Å². The van der Waals surface area contributed by atoms with Gasteiger partial charge in [-0.2, -0.15) is 0 Å². The van der Waals surface area contributed by atoms with Crippen molar-refractivity contribution in [3.63, 3.8) is 0 Å². The van der Waals surface area contributed by atoms with Crippen LogP contribution in [0.2, 0.25) is 0 Å². The fraction of sp³-hybridized carbons (Fsp3) is 0.889. The van der Waals surface area contributed by atoms with Crippen molar-refractivity contribution in [3.05, 3.63) is 0 Å². The van der Waals surface area contributed by atoms with Gasteiger partial charge in [-0.25, -0.2) is 0 Å². The van der Waals surface area contributed by atoms with Crippen LogP contribution in [0.25, 0.3) is 0 Å². The molecular weight excluding hydrogens is 152 g/mol. The molecule has 0 radical (unpaired) electrons. The Kier molecular flexibility index (Phi) is 5.72. The van der Waals surface area contributed by atoms with Gasteiger partial charge in [0.2, 0.25) is 5.91 Å². The van der Waals surface area contributed by atoms with Gasteiger partial charge in [0.15, 0.2) is 0 Å². The van der Waals surface area contributed by atoms with Crippen LogP contribution in [0, 0.1) is 5.92 Å². The maximum absolute atomic E-state index is 11.5. The molecule has 1 amide bonds. The van der Waals surface area contributed by atoms with Crippen molar-refractivity contribution in [1.82, 2.24) is 10.2 Å². The van der Waals surface area contributed by atoms with Crippen molar-refractivity contribution < 1.29 is 4.79 Å². The standard InChI is InChI=1S/C9H20N2O/c1-5-11(7-6-10-4)9(12)8(2)3/h8,10H,5-7H2,1-4H3. The molecule has 0 fully saturated rings. The first-order chi connectivity index (χ1) is 5.63. The predicted molar refractivity (Wildman–Crippen MR) is 51.0 cm³/mol. The third-order valence-corrected chi connectivity index (χ3v) is 1.82. The van der Waals surface area contributed by atoms with E-state index in [0.29, 0.717) is 0 Å². The number of nitrogens with zero attached hydrogens (tertiary/aromatic N) is 1. The monoisotopic (exact) mass is 172 g/mol. The minimum absolute atomic E-state index is 0.113. The Balaban J connectivity index is 3.88. The molecule has 3 heteroatoms. The fourth-order valence-corrected chi connectivity index (χ4v) is 1.04. The van der Waals surface area contributed by atoms with Gasteiger partial charge < -0.3 is 10.2 Å². The first kappa shape index (κ1) is 11.4. The van der Waals surface area contributed by atoms with Crippen LogP contribution in [0.4, 0.5) is 0 Å². The summed E-state index contributed by atoms with van der Waals surface area (Å²) in [6, 6.07) is 0. The largest absolute Gasteiger partial charge is 0.341 e. The van der Waals surface area contributed by atoms with E-state index in [1.165, 1.54) is 0 Å². The Hall–Kier alpha value is -0.570. The van der Waals surface area contributed by atoms with E-state index in [-0.39, 0.29) is 11.8 Å². The Bertz CT molecular complexity index is 134. The first-order valence-electron chi connectivity index (χ1n) is 4.56. The SMILES string of the molecule is CCN(CCNC)C(=O)C(C)C. The molecule has 0 unspecified atom stereocenters. The second-order valence-electron chi connectivity index (χ2n) is 3.18. The highest BCUT2D eigenvalue weighted by Gasteiger charge is 2.13. The topological polar surface area (TPSA) is 32.3 Å². The van der Waals surface area contributed by atoms with Gasteiger partial charge >= 0.3 is 0 Å². The molecule has 12 heavy (non-hydrogen) atoms. The fourth-order valence-electron chi connectivity index (χ4n) is 1.04. The zero-order chi connectivity index (χ0) is 9.56. The third kappa shape index (κ3) is 3.72. The molecule has 0 aliphatic heterocycles. The molecule has 0 saturated heterocycles. The van der Waals surface area contributed by atoms with Crippen molar-refractivity contribution in [3.8, 4) is 0 Å². The van der Waals surface area contributed by atoms with Crippen LogP contribution in [-0.4, -0.2) is 37.5 Å². The van der Waals surface area contributed by atoms with Gasteiger partial charge in [0, 0.05) is 25.6 Å². The minimum atomic E-state index is 0.113. The Morgan fingerprint density at radius 2 is 2.08 bits per heavy atom. The molecule has 0 rings (SSSR count). The van der Waals surface area contributed by atoms with Crippen molar-refractivity contribution in [1.29, 1.82) is 0 Å². The summed E-state index contributed by atoms with van der Waals surface area (Å²) < 4.78 is 0. The minimum Gasteiger partial charge on any atom is -0.341 e. The van der Waals surface area contributed by atoms with Gasteiger partial charge in [-0.05, 0) is 14.0 Å². The summed E-state index contributed by atoms with van der Waals surface area (Å²) in [6.07, 6.45) is 0. The molecule has 0 aromatic heterocycles. The summed E-state index contributed by atoms with van der Waals surface area (Å²) in [5.74, 6) is 0.356. The van der Waals surface area contributed by atoms with Gasteiger partial charge in [0.25, 0.3) is 0 Å². The predicted octanol–water partition coefficient (Wildman–Crippen LogP) is 0.710. The smallest absolute Gasteiger partial charge is 0.225 e. The second-order valence-corrected chi connectivity index (χ2v) is 3.18. The molecule has 0 aliphatic carbocycles. The number of hydrogen-bond acceptors (Lipinski definition) is 2. The molecule has 1 N–H and O–H groups in total. The van der Waals surface area contributed by atoms with E-state index < -0.39 is 0 Å². The van der Waals surface area contributed by atoms with Crippen molar-refractivity contribution in [2.24, 2.45) is 5.92 Å². The van der Waals surface area contributed by atoms with Gasteiger partial charge in [-0.1, -0.05) is 13.8 Å². The van der Waals surface area contributed by atoms with Crippen molar-refractivity contribution in [2.45, 2.75) is 20.8 Å². The van der Waals surface area contributed by atoms with Crippen molar-refractivity contribution in [2.75, 3.05) is 26.7 Å². The van der Waals surface area contributed by atoms with E-state index in [4.69, 9.17) is 0 Å². The molecule has 0 heterocycles. The van der Waals surface area contributed by atoms with Crippen LogP contribution in [0.15, 0.2) is 0 Å². The molecule has 3 nitrogen and oxygen atoms in total. The molecule has 0 spiro atoms. The number of likely N-dealkylation sites (N-methyl/N-ethyl adjacent to an activating group) is 2. The zero-order valence-electron chi connectivity index (χ0n) is 8.55. The first-order valence-corrected chi connectivity index (χ1v) is 4.56. The quantitative estimate of drug-likeness (QED) is 0.662. The highest BCUT2D eigenvalue weighted by atomic mass is 16.2. The normalized spacial score (nSPS) is 10.4. The molecular formula is C9H20N2O. The molecule has 0 aliphatic rings. The molecule has 0 bridgehead atoms. The molecule has 0 saturated carbocycles. The number of carbonyl (C=O) groups is 1. The zero-order valence-corrected chi connectivity index (χ0v) is 8.55. The van der Waals surface area contributed by atoms with Crippen LogP contribution in [0.1, 0.15) is 20.8 Å². The number of amides is 1. The van der Waals surface area contributed by atoms with E-state index in [2.05, 4.69) is 5.32 Å². The van der Waals surface area contributed by atoms with E-state index >= 15 is 0 Å². The number of carbonyl (C=O) groups excluding carboxylic acids is 1. The Morgan fingerprint density at radius 3 is 2.42 bits per heavy atom. The lowest BCUT2D eigenvalue weighted by molar-refractivity contribution is -0.134. The summed E-state index contributed by atoms with van der Waals surface area (Å²) in [5.41, 5.74) is 0. The second kappa shape index (κ2) is 6.00. The van der Waals surface area contributed by atoms with E-state index in [9.17, 15) is 4.79 Å². The Morgan fingerprint density at radius 1 is 1.50 bits per heavy atom.